The SMILES string of the molecule is CSc1ccccc1NC(=O)COC(=O)c1ccc2c(c1)C(=O)N(Cc1ccco1)C2=O. The third-order valence-electron chi connectivity index (χ3n) is 4.82. The van der Waals surface area contributed by atoms with E-state index in [0.29, 0.717) is 11.4 Å². The van der Waals surface area contributed by atoms with Gasteiger partial charge in [0.1, 0.15) is 5.76 Å². The quantitative estimate of drug-likeness (QED) is 0.333. The number of carbonyl (C=O) groups is 4. The molecule has 0 saturated heterocycles. The van der Waals surface area contributed by atoms with Crippen molar-refractivity contribution in [2.24, 2.45) is 0 Å². The zero-order valence-electron chi connectivity index (χ0n) is 17.0. The molecular weight excluding hydrogens is 432 g/mol. The summed E-state index contributed by atoms with van der Waals surface area (Å²) >= 11 is 1.48. The fourth-order valence-electron chi connectivity index (χ4n) is 3.27. The van der Waals surface area contributed by atoms with Gasteiger partial charge in [-0.1, -0.05) is 12.1 Å². The number of esters is 1. The molecule has 0 fully saturated rings. The Morgan fingerprint density at radius 2 is 1.81 bits per heavy atom. The predicted octanol–water partition coefficient (Wildman–Crippen LogP) is 3.59. The van der Waals surface area contributed by atoms with Gasteiger partial charge in [0, 0.05) is 4.90 Å². The molecule has 8 nitrogen and oxygen atoms in total. The predicted molar refractivity (Wildman–Crippen MR) is 116 cm³/mol. The molecule has 0 unspecified atom stereocenters. The summed E-state index contributed by atoms with van der Waals surface area (Å²) < 4.78 is 10.3. The highest BCUT2D eigenvalue weighted by Crippen LogP contribution is 2.26. The number of nitrogens with one attached hydrogen (secondary N) is 1. The molecule has 3 amide bonds. The lowest BCUT2D eigenvalue weighted by atomic mass is 10.1. The third kappa shape index (κ3) is 4.28. The Kier molecular flexibility index (Phi) is 6.09. The molecule has 0 saturated carbocycles. The first-order valence-electron chi connectivity index (χ1n) is 9.60. The number of hydrogen-bond donors (Lipinski definition) is 1. The van der Waals surface area contributed by atoms with E-state index in [1.807, 2.05) is 18.4 Å². The van der Waals surface area contributed by atoms with Gasteiger partial charge in [-0.05, 0) is 48.7 Å². The molecular formula is C23H18N2O6S. The van der Waals surface area contributed by atoms with Crippen LogP contribution in [0, 0.1) is 0 Å². The first kappa shape index (κ1) is 21.4. The van der Waals surface area contributed by atoms with Gasteiger partial charge in [0.15, 0.2) is 6.61 Å². The molecule has 9 heteroatoms. The van der Waals surface area contributed by atoms with Crippen molar-refractivity contribution in [2.45, 2.75) is 11.4 Å². The van der Waals surface area contributed by atoms with Crippen LogP contribution in [0.15, 0.2) is 70.2 Å². The van der Waals surface area contributed by atoms with Crippen LogP contribution in [-0.2, 0) is 16.1 Å². The highest BCUT2D eigenvalue weighted by Gasteiger charge is 2.36. The Bertz CT molecular complexity index is 1200. The van der Waals surface area contributed by atoms with E-state index < -0.39 is 30.3 Å². The van der Waals surface area contributed by atoms with Crippen LogP contribution in [0.2, 0.25) is 0 Å². The highest BCUT2D eigenvalue weighted by atomic mass is 32.2. The van der Waals surface area contributed by atoms with Gasteiger partial charge in [0.2, 0.25) is 0 Å². The Morgan fingerprint density at radius 1 is 1.03 bits per heavy atom. The van der Waals surface area contributed by atoms with Crippen LogP contribution in [-0.4, -0.2) is 41.5 Å². The van der Waals surface area contributed by atoms with Gasteiger partial charge in [-0.25, -0.2) is 4.79 Å². The largest absolute Gasteiger partial charge is 0.467 e. The number of furan rings is 1. The van der Waals surface area contributed by atoms with E-state index in [4.69, 9.17) is 9.15 Å². The molecule has 1 aromatic heterocycles. The molecule has 32 heavy (non-hydrogen) atoms. The van der Waals surface area contributed by atoms with Gasteiger partial charge < -0.3 is 14.5 Å². The average Bonchev–Trinajstić information content (AvgIpc) is 3.40. The summed E-state index contributed by atoms with van der Waals surface area (Å²) in [4.78, 5) is 51.8. The van der Waals surface area contributed by atoms with Crippen LogP contribution in [0.5, 0.6) is 0 Å². The molecule has 0 aliphatic carbocycles. The summed E-state index contributed by atoms with van der Waals surface area (Å²) in [5, 5.41) is 2.70. The zero-order valence-corrected chi connectivity index (χ0v) is 17.8. The minimum Gasteiger partial charge on any atom is -0.467 e. The second-order valence-corrected chi connectivity index (χ2v) is 7.71. The highest BCUT2D eigenvalue weighted by molar-refractivity contribution is 7.98. The summed E-state index contributed by atoms with van der Waals surface area (Å²) in [7, 11) is 0. The van der Waals surface area contributed by atoms with Crippen molar-refractivity contribution < 1.29 is 28.3 Å². The number of para-hydroxylation sites is 1. The van der Waals surface area contributed by atoms with E-state index in [2.05, 4.69) is 5.32 Å². The summed E-state index contributed by atoms with van der Waals surface area (Å²) in [5.74, 6) is -1.79. The van der Waals surface area contributed by atoms with E-state index in [1.54, 1.807) is 24.3 Å². The molecule has 2 aromatic carbocycles. The smallest absolute Gasteiger partial charge is 0.338 e. The Labute approximate surface area is 187 Å². The van der Waals surface area contributed by atoms with Gasteiger partial charge in [-0.2, -0.15) is 0 Å². The molecule has 1 aliphatic rings. The Hall–Kier alpha value is -3.85. The molecule has 0 spiro atoms. The minimum atomic E-state index is -0.772. The molecule has 0 bridgehead atoms. The molecule has 1 aliphatic heterocycles. The number of rotatable bonds is 7. The van der Waals surface area contributed by atoms with Crippen molar-refractivity contribution in [3.63, 3.8) is 0 Å². The summed E-state index contributed by atoms with van der Waals surface area (Å²) in [5.41, 5.74) is 1.00. The number of carbonyl (C=O) groups excluding carboxylic acids is 4. The number of hydrogen-bond acceptors (Lipinski definition) is 7. The number of thioether (sulfide) groups is 1. The number of fused-ring (bicyclic) bond motifs is 1. The van der Waals surface area contributed by atoms with Crippen molar-refractivity contribution in [1.82, 2.24) is 4.90 Å². The Morgan fingerprint density at radius 3 is 2.56 bits per heavy atom. The number of amides is 3. The number of nitrogens with zero attached hydrogens (tertiary/aromatic N) is 1. The molecule has 0 radical (unpaired) electrons. The lowest BCUT2D eigenvalue weighted by Crippen LogP contribution is -2.28. The topological polar surface area (TPSA) is 106 Å². The van der Waals surface area contributed by atoms with Gasteiger partial charge >= 0.3 is 5.97 Å². The first-order chi connectivity index (χ1) is 15.5. The van der Waals surface area contributed by atoms with Gasteiger partial charge in [0.05, 0.1) is 35.2 Å². The third-order valence-corrected chi connectivity index (χ3v) is 5.61. The van der Waals surface area contributed by atoms with Crippen molar-refractivity contribution in [2.75, 3.05) is 18.2 Å². The van der Waals surface area contributed by atoms with Crippen molar-refractivity contribution in [3.05, 3.63) is 83.3 Å². The second kappa shape index (κ2) is 9.11. The van der Waals surface area contributed by atoms with Gasteiger partial charge in [0.25, 0.3) is 17.7 Å². The summed E-state index contributed by atoms with van der Waals surface area (Å²) in [6.45, 7) is -0.493. The summed E-state index contributed by atoms with van der Waals surface area (Å²) in [6.07, 6.45) is 3.35. The number of benzene rings is 2. The van der Waals surface area contributed by atoms with Crippen molar-refractivity contribution >= 4 is 41.1 Å². The minimum absolute atomic E-state index is 0.00316. The first-order valence-corrected chi connectivity index (χ1v) is 10.8. The maximum absolute atomic E-state index is 12.7. The van der Waals surface area contributed by atoms with Crippen LogP contribution in [0.1, 0.15) is 36.8 Å². The lowest BCUT2D eigenvalue weighted by Gasteiger charge is -2.11. The number of imide groups is 1. The standard InChI is InChI=1S/C23H18N2O6S/c1-32-19-7-3-2-6-18(19)24-20(26)13-31-23(29)14-8-9-16-17(11-14)22(28)25(21(16)27)12-15-5-4-10-30-15/h2-11H,12-13H2,1H3,(H,24,26). The maximum Gasteiger partial charge on any atom is 0.338 e. The number of ether oxygens (including phenoxy) is 1. The van der Waals surface area contributed by atoms with Gasteiger partial charge in [-0.15, -0.1) is 11.8 Å². The fraction of sp³-hybridized carbons (Fsp3) is 0.130. The number of anilines is 1. The normalized spacial score (nSPS) is 12.6. The van der Waals surface area contributed by atoms with E-state index in [-0.39, 0.29) is 23.2 Å². The Balaban J connectivity index is 1.41. The van der Waals surface area contributed by atoms with Crippen LogP contribution < -0.4 is 5.32 Å². The van der Waals surface area contributed by atoms with E-state index in [9.17, 15) is 19.2 Å². The van der Waals surface area contributed by atoms with E-state index in [0.717, 1.165) is 9.80 Å². The zero-order chi connectivity index (χ0) is 22.7. The second-order valence-electron chi connectivity index (χ2n) is 6.86. The molecule has 2 heterocycles. The lowest BCUT2D eigenvalue weighted by molar-refractivity contribution is -0.119. The monoisotopic (exact) mass is 450 g/mol. The molecule has 1 N–H and O–H groups in total. The summed E-state index contributed by atoms with van der Waals surface area (Å²) in [6, 6.07) is 14.7. The van der Waals surface area contributed by atoms with Crippen molar-refractivity contribution in [3.8, 4) is 0 Å². The maximum atomic E-state index is 12.7. The van der Waals surface area contributed by atoms with Crippen LogP contribution in [0.3, 0.4) is 0 Å². The average molecular weight is 450 g/mol. The van der Waals surface area contributed by atoms with E-state index >= 15 is 0 Å². The van der Waals surface area contributed by atoms with Gasteiger partial charge in [-0.3, -0.25) is 19.3 Å². The van der Waals surface area contributed by atoms with Crippen LogP contribution >= 0.6 is 11.8 Å². The fourth-order valence-corrected chi connectivity index (χ4v) is 3.82. The van der Waals surface area contributed by atoms with Crippen LogP contribution in [0.25, 0.3) is 0 Å². The van der Waals surface area contributed by atoms with Crippen molar-refractivity contribution in [1.29, 1.82) is 0 Å². The van der Waals surface area contributed by atoms with E-state index in [1.165, 1.54) is 36.2 Å². The molecule has 3 aromatic rings. The van der Waals surface area contributed by atoms with Crippen LogP contribution in [0.4, 0.5) is 5.69 Å². The molecule has 162 valence electrons. The molecule has 0 atom stereocenters. The molecule has 4 rings (SSSR count).